The van der Waals surface area contributed by atoms with Gasteiger partial charge in [0.15, 0.2) is 0 Å². The first-order chi connectivity index (χ1) is 7.18. The van der Waals surface area contributed by atoms with E-state index in [1.807, 2.05) is 30.3 Å². The molecule has 0 spiro atoms. The number of hydrogen-bond donors (Lipinski definition) is 0. The van der Waals surface area contributed by atoms with Gasteiger partial charge >= 0.3 is 0 Å². The van der Waals surface area contributed by atoms with Crippen molar-refractivity contribution in [3.05, 3.63) is 35.9 Å². The van der Waals surface area contributed by atoms with Gasteiger partial charge in [-0.2, -0.15) is 0 Å². The molecular weight excluding hydrogens is 186 g/mol. The number of carbonyl (C=O) groups excluding carboxylic acids is 1. The Morgan fingerprint density at radius 2 is 1.93 bits per heavy atom. The number of amides is 1. The molecule has 0 aliphatic rings. The second kappa shape index (κ2) is 6.23. The molecule has 2 nitrogen and oxygen atoms in total. The molecule has 0 N–H and O–H groups in total. The highest BCUT2D eigenvalue weighted by atomic mass is 16.1. The molecule has 0 saturated carbocycles. The molecule has 1 aromatic carbocycles. The Morgan fingerprint density at radius 3 is 2.53 bits per heavy atom. The van der Waals surface area contributed by atoms with Crippen LogP contribution in [0.2, 0.25) is 0 Å². The Balaban J connectivity index is 2.23. The summed E-state index contributed by atoms with van der Waals surface area (Å²) in [5.74, 6) is 0.484. The van der Waals surface area contributed by atoms with E-state index in [1.165, 1.54) is 5.56 Å². The van der Waals surface area contributed by atoms with Crippen LogP contribution in [0.3, 0.4) is 0 Å². The van der Waals surface area contributed by atoms with Crippen LogP contribution in [-0.4, -0.2) is 12.5 Å². The predicted octanol–water partition coefficient (Wildman–Crippen LogP) is 2.41. The number of rotatable bonds is 5. The van der Waals surface area contributed by atoms with Crippen LogP contribution in [0.5, 0.6) is 0 Å². The van der Waals surface area contributed by atoms with E-state index in [0.29, 0.717) is 18.9 Å². The summed E-state index contributed by atoms with van der Waals surface area (Å²) < 4.78 is 0. The summed E-state index contributed by atoms with van der Waals surface area (Å²) in [7, 11) is 0. The largest absolute Gasteiger partial charge is 0.273 e. The van der Waals surface area contributed by atoms with E-state index in [2.05, 4.69) is 19.2 Å². The average Bonchev–Trinajstić information content (AvgIpc) is 2.25. The van der Waals surface area contributed by atoms with Crippen LogP contribution in [0, 0.1) is 5.92 Å². The molecule has 0 atom stereocenters. The van der Waals surface area contributed by atoms with Gasteiger partial charge in [0, 0.05) is 13.0 Å². The summed E-state index contributed by atoms with van der Waals surface area (Å²) >= 11 is 0. The molecule has 1 aromatic rings. The van der Waals surface area contributed by atoms with Crippen molar-refractivity contribution in [1.29, 1.82) is 0 Å². The summed E-state index contributed by atoms with van der Waals surface area (Å²) in [6.07, 6.45) is 1.32. The Kier molecular flexibility index (Phi) is 4.88. The van der Waals surface area contributed by atoms with Crippen molar-refractivity contribution in [2.75, 3.05) is 6.54 Å². The fourth-order valence-electron chi connectivity index (χ4n) is 1.26. The number of hydrogen-bond acceptors (Lipinski definition) is 1. The minimum atomic E-state index is 0.0209. The third kappa shape index (κ3) is 5.21. The van der Waals surface area contributed by atoms with E-state index in [-0.39, 0.29) is 5.91 Å². The zero-order chi connectivity index (χ0) is 11.1. The molecule has 81 valence electrons. The molecule has 0 aromatic heterocycles. The highest BCUT2D eigenvalue weighted by molar-refractivity contribution is 5.75. The van der Waals surface area contributed by atoms with Crippen LogP contribution in [-0.2, 0) is 11.2 Å². The van der Waals surface area contributed by atoms with E-state index in [0.717, 1.165) is 6.42 Å². The molecule has 1 amide bonds. The van der Waals surface area contributed by atoms with E-state index >= 15 is 0 Å². The van der Waals surface area contributed by atoms with Gasteiger partial charge in [-0.15, -0.1) is 0 Å². The molecule has 0 unspecified atom stereocenters. The Labute approximate surface area is 91.7 Å². The van der Waals surface area contributed by atoms with Gasteiger partial charge in [0.05, 0.1) is 0 Å². The fraction of sp³-hybridized carbons (Fsp3) is 0.462. The molecule has 1 radical (unpaired) electrons. The maximum absolute atomic E-state index is 11.4. The molecule has 0 aliphatic carbocycles. The number of nitrogens with zero attached hydrogens (tertiary/aromatic N) is 1. The zero-order valence-electron chi connectivity index (χ0n) is 9.44. The zero-order valence-corrected chi connectivity index (χ0v) is 9.44. The van der Waals surface area contributed by atoms with Crippen molar-refractivity contribution >= 4 is 5.91 Å². The van der Waals surface area contributed by atoms with Gasteiger partial charge in [-0.3, -0.25) is 10.1 Å². The second-order valence-corrected chi connectivity index (χ2v) is 4.11. The van der Waals surface area contributed by atoms with Gasteiger partial charge in [0.25, 0.3) is 0 Å². The van der Waals surface area contributed by atoms with Crippen LogP contribution in [0.25, 0.3) is 0 Å². The molecule has 0 bridgehead atoms. The van der Waals surface area contributed by atoms with Crippen LogP contribution < -0.4 is 5.32 Å². The van der Waals surface area contributed by atoms with Crippen LogP contribution >= 0.6 is 0 Å². The lowest BCUT2D eigenvalue weighted by Crippen LogP contribution is -2.20. The van der Waals surface area contributed by atoms with Gasteiger partial charge in [-0.05, 0) is 17.9 Å². The summed E-state index contributed by atoms with van der Waals surface area (Å²) in [4.78, 5) is 11.4. The Bertz CT molecular complexity index is 293. The topological polar surface area (TPSA) is 31.2 Å². The van der Waals surface area contributed by atoms with Gasteiger partial charge in [0.1, 0.15) is 0 Å². The molecule has 2 heteroatoms. The summed E-state index contributed by atoms with van der Waals surface area (Å²) in [5, 5.41) is 4.00. The highest BCUT2D eigenvalue weighted by Crippen LogP contribution is 2.02. The monoisotopic (exact) mass is 204 g/mol. The maximum Gasteiger partial charge on any atom is 0.241 e. The first-order valence-corrected chi connectivity index (χ1v) is 5.42. The third-order valence-electron chi connectivity index (χ3n) is 2.10. The maximum atomic E-state index is 11.4. The van der Waals surface area contributed by atoms with Crippen molar-refractivity contribution in [1.82, 2.24) is 5.32 Å². The second-order valence-electron chi connectivity index (χ2n) is 4.11. The van der Waals surface area contributed by atoms with Gasteiger partial charge in [-0.1, -0.05) is 44.2 Å². The first kappa shape index (κ1) is 11.8. The van der Waals surface area contributed by atoms with E-state index in [9.17, 15) is 4.79 Å². The molecule has 15 heavy (non-hydrogen) atoms. The normalized spacial score (nSPS) is 10.3. The Hall–Kier alpha value is -1.31. The molecule has 0 fully saturated rings. The molecule has 0 heterocycles. The van der Waals surface area contributed by atoms with Crippen LogP contribution in [0.1, 0.15) is 25.8 Å². The van der Waals surface area contributed by atoms with E-state index in [1.54, 1.807) is 0 Å². The fourth-order valence-corrected chi connectivity index (χ4v) is 1.26. The van der Waals surface area contributed by atoms with Gasteiger partial charge < -0.3 is 0 Å². The summed E-state index contributed by atoms with van der Waals surface area (Å²) in [6, 6.07) is 10.0. The first-order valence-electron chi connectivity index (χ1n) is 5.42. The average molecular weight is 204 g/mol. The molecule has 0 aliphatic heterocycles. The van der Waals surface area contributed by atoms with Gasteiger partial charge in [-0.25, -0.2) is 0 Å². The minimum Gasteiger partial charge on any atom is -0.273 e. The molecular formula is C13H18NO. The summed E-state index contributed by atoms with van der Waals surface area (Å²) in [6.45, 7) is 4.77. The van der Waals surface area contributed by atoms with Crippen molar-refractivity contribution in [3.8, 4) is 0 Å². The lowest BCUT2D eigenvalue weighted by molar-refractivity contribution is -0.121. The van der Waals surface area contributed by atoms with Crippen molar-refractivity contribution in [2.24, 2.45) is 5.92 Å². The van der Waals surface area contributed by atoms with E-state index in [4.69, 9.17) is 0 Å². The van der Waals surface area contributed by atoms with Crippen LogP contribution in [0.4, 0.5) is 0 Å². The highest BCUT2D eigenvalue weighted by Gasteiger charge is 2.04. The summed E-state index contributed by atoms with van der Waals surface area (Å²) in [5.41, 5.74) is 1.20. The number of aryl methyl sites for hydroxylation is 1. The Morgan fingerprint density at radius 1 is 1.27 bits per heavy atom. The number of carbonyl (C=O) groups is 1. The third-order valence-corrected chi connectivity index (χ3v) is 2.10. The lowest BCUT2D eigenvalue weighted by atomic mass is 10.1. The SMILES string of the molecule is CC(C)C[N]C(=O)CCc1ccccc1. The van der Waals surface area contributed by atoms with Crippen LogP contribution in [0.15, 0.2) is 30.3 Å². The standard InChI is InChI=1S/C13H18NO/c1-11(2)10-14-13(15)9-8-12-6-4-3-5-7-12/h3-7,11H,8-10H2,1-2H3. The molecule has 1 rings (SSSR count). The lowest BCUT2D eigenvalue weighted by Gasteiger charge is -2.04. The van der Waals surface area contributed by atoms with Crippen molar-refractivity contribution in [2.45, 2.75) is 26.7 Å². The van der Waals surface area contributed by atoms with Crippen molar-refractivity contribution < 1.29 is 4.79 Å². The quantitative estimate of drug-likeness (QED) is 0.724. The minimum absolute atomic E-state index is 0.0209. The molecule has 0 saturated heterocycles. The smallest absolute Gasteiger partial charge is 0.241 e. The predicted molar refractivity (Wildman–Crippen MR) is 61.6 cm³/mol. The number of benzene rings is 1. The van der Waals surface area contributed by atoms with E-state index < -0.39 is 0 Å². The van der Waals surface area contributed by atoms with Crippen molar-refractivity contribution in [3.63, 3.8) is 0 Å². The van der Waals surface area contributed by atoms with Gasteiger partial charge in [0.2, 0.25) is 5.91 Å².